The molecule has 0 unspecified atom stereocenters. The fraction of sp³-hybridized carbons (Fsp3) is 0.261. The zero-order chi connectivity index (χ0) is 22.2. The van der Waals surface area contributed by atoms with Crippen LogP contribution in [0.3, 0.4) is 0 Å². The van der Waals surface area contributed by atoms with Gasteiger partial charge in [-0.1, -0.05) is 0 Å². The van der Waals surface area contributed by atoms with Crippen LogP contribution in [0.5, 0.6) is 11.5 Å². The van der Waals surface area contributed by atoms with E-state index in [1.807, 2.05) is 13.8 Å². The number of ether oxygens (including phenoxy) is 2. The van der Waals surface area contributed by atoms with Crippen LogP contribution in [0.2, 0.25) is 0 Å². The predicted molar refractivity (Wildman–Crippen MR) is 115 cm³/mol. The van der Waals surface area contributed by atoms with Gasteiger partial charge in [-0.3, -0.25) is 14.2 Å². The Hall–Kier alpha value is -3.68. The maximum absolute atomic E-state index is 13.1. The third kappa shape index (κ3) is 5.69. The molecule has 3 aromatic rings. The van der Waals surface area contributed by atoms with Crippen molar-refractivity contribution >= 4 is 5.91 Å². The van der Waals surface area contributed by atoms with Gasteiger partial charge >= 0.3 is 0 Å². The normalized spacial score (nSPS) is 10.5. The van der Waals surface area contributed by atoms with E-state index in [0.717, 1.165) is 0 Å². The van der Waals surface area contributed by atoms with Crippen molar-refractivity contribution in [2.75, 3.05) is 19.8 Å². The van der Waals surface area contributed by atoms with Crippen LogP contribution in [0.15, 0.2) is 59.7 Å². The molecule has 3 rings (SSSR count). The van der Waals surface area contributed by atoms with Crippen molar-refractivity contribution in [3.8, 4) is 22.8 Å². The summed E-state index contributed by atoms with van der Waals surface area (Å²) in [5.74, 6) is 0.454. The summed E-state index contributed by atoms with van der Waals surface area (Å²) >= 11 is 0. The van der Waals surface area contributed by atoms with Gasteiger partial charge in [0, 0.05) is 30.3 Å². The molecule has 0 saturated carbocycles. The van der Waals surface area contributed by atoms with Crippen LogP contribution >= 0.6 is 0 Å². The van der Waals surface area contributed by atoms with Crippen molar-refractivity contribution < 1.29 is 18.7 Å². The van der Waals surface area contributed by atoms with E-state index in [4.69, 9.17) is 9.47 Å². The summed E-state index contributed by atoms with van der Waals surface area (Å²) < 4.78 is 25.5. The first-order chi connectivity index (χ1) is 15.0. The minimum atomic E-state index is -0.353. The molecule has 2 aromatic carbocycles. The lowest BCUT2D eigenvalue weighted by Gasteiger charge is -2.13. The van der Waals surface area contributed by atoms with Gasteiger partial charge in [-0.2, -0.15) is 0 Å². The zero-order valence-electron chi connectivity index (χ0n) is 17.4. The number of carbonyl (C=O) groups is 1. The number of nitrogens with zero attached hydrogens (tertiary/aromatic N) is 2. The highest BCUT2D eigenvalue weighted by Gasteiger charge is 2.11. The molecule has 31 heavy (non-hydrogen) atoms. The lowest BCUT2D eigenvalue weighted by atomic mass is 10.1. The molecule has 0 spiro atoms. The number of carbonyl (C=O) groups excluding carboxylic acids is 1. The van der Waals surface area contributed by atoms with Gasteiger partial charge in [-0.05, 0) is 56.3 Å². The quantitative estimate of drug-likeness (QED) is 0.569. The molecule has 7 nitrogen and oxygen atoms in total. The Balaban J connectivity index is 1.62. The smallest absolute Gasteiger partial charge is 0.253 e. The van der Waals surface area contributed by atoms with Crippen molar-refractivity contribution in [2.45, 2.75) is 20.4 Å². The van der Waals surface area contributed by atoms with Gasteiger partial charge in [0.15, 0.2) is 11.5 Å². The Morgan fingerprint density at radius 3 is 2.42 bits per heavy atom. The molecule has 0 atom stereocenters. The molecule has 0 fully saturated rings. The second kappa shape index (κ2) is 10.4. The minimum Gasteiger partial charge on any atom is -0.490 e. The van der Waals surface area contributed by atoms with E-state index in [1.54, 1.807) is 30.3 Å². The van der Waals surface area contributed by atoms with Crippen LogP contribution in [0.25, 0.3) is 11.3 Å². The van der Waals surface area contributed by atoms with Crippen LogP contribution in [0.1, 0.15) is 24.2 Å². The van der Waals surface area contributed by atoms with Crippen LogP contribution < -0.4 is 20.3 Å². The molecule has 1 heterocycles. The molecule has 0 radical (unpaired) electrons. The Morgan fingerprint density at radius 1 is 1.03 bits per heavy atom. The fourth-order valence-corrected chi connectivity index (χ4v) is 2.96. The minimum absolute atomic E-state index is 0.244. The number of halogens is 1. The van der Waals surface area contributed by atoms with Gasteiger partial charge in [-0.15, -0.1) is 0 Å². The van der Waals surface area contributed by atoms with E-state index < -0.39 is 0 Å². The first-order valence-corrected chi connectivity index (χ1v) is 10.0. The molecule has 8 heteroatoms. The highest BCUT2D eigenvalue weighted by Crippen LogP contribution is 2.28. The topological polar surface area (TPSA) is 82.5 Å². The van der Waals surface area contributed by atoms with Crippen molar-refractivity contribution in [3.63, 3.8) is 0 Å². The number of hydrogen-bond acceptors (Lipinski definition) is 5. The first kappa shape index (κ1) is 22.0. The summed E-state index contributed by atoms with van der Waals surface area (Å²) in [6, 6.07) is 12.1. The molecular formula is C23H24FN3O4. The molecule has 0 aliphatic carbocycles. The van der Waals surface area contributed by atoms with Crippen LogP contribution in [-0.4, -0.2) is 35.2 Å². The number of nitrogens with one attached hydrogen (secondary N) is 1. The first-order valence-electron chi connectivity index (χ1n) is 10.0. The van der Waals surface area contributed by atoms with E-state index in [0.29, 0.717) is 41.5 Å². The Morgan fingerprint density at radius 2 is 1.74 bits per heavy atom. The van der Waals surface area contributed by atoms with E-state index >= 15 is 0 Å². The fourth-order valence-electron chi connectivity index (χ4n) is 2.96. The summed E-state index contributed by atoms with van der Waals surface area (Å²) in [5.41, 5.74) is 1.29. The van der Waals surface area contributed by atoms with Gasteiger partial charge in [0.2, 0.25) is 0 Å². The summed E-state index contributed by atoms with van der Waals surface area (Å²) in [7, 11) is 0. The zero-order valence-corrected chi connectivity index (χ0v) is 17.4. The third-order valence-corrected chi connectivity index (χ3v) is 4.46. The standard InChI is InChI=1S/C23H24FN3O4/c1-3-30-20-10-7-17(13-21(20)31-4-2)23(29)25-11-12-27-15-26-19(14-22(27)28)16-5-8-18(24)9-6-16/h5-10,13-15H,3-4,11-12H2,1-2H3,(H,25,29). The molecule has 1 aromatic heterocycles. The summed E-state index contributed by atoms with van der Waals surface area (Å²) in [4.78, 5) is 29.1. The van der Waals surface area contributed by atoms with Crippen molar-refractivity contribution in [3.05, 3.63) is 76.6 Å². The average Bonchev–Trinajstić information content (AvgIpc) is 2.77. The Bertz CT molecular complexity index is 1100. The van der Waals surface area contributed by atoms with Gasteiger partial charge < -0.3 is 14.8 Å². The number of rotatable bonds is 9. The maximum atomic E-state index is 13.1. The Labute approximate surface area is 179 Å². The lowest BCUT2D eigenvalue weighted by molar-refractivity contribution is 0.0951. The second-order valence-corrected chi connectivity index (χ2v) is 6.60. The third-order valence-electron chi connectivity index (χ3n) is 4.46. The molecule has 0 saturated heterocycles. The largest absolute Gasteiger partial charge is 0.490 e. The van der Waals surface area contributed by atoms with E-state index in [-0.39, 0.29) is 30.4 Å². The molecule has 162 valence electrons. The highest BCUT2D eigenvalue weighted by atomic mass is 19.1. The maximum Gasteiger partial charge on any atom is 0.253 e. The molecule has 0 aliphatic heterocycles. The highest BCUT2D eigenvalue weighted by molar-refractivity contribution is 5.94. The van der Waals surface area contributed by atoms with E-state index in [1.165, 1.54) is 29.1 Å². The predicted octanol–water partition coefficient (Wildman–Crippen LogP) is 3.28. The average molecular weight is 425 g/mol. The number of benzene rings is 2. The summed E-state index contributed by atoms with van der Waals surface area (Å²) in [6.45, 7) is 5.18. The van der Waals surface area contributed by atoms with Gasteiger partial charge in [0.1, 0.15) is 5.82 Å². The second-order valence-electron chi connectivity index (χ2n) is 6.60. The summed E-state index contributed by atoms with van der Waals surface area (Å²) in [6.07, 6.45) is 1.41. The van der Waals surface area contributed by atoms with E-state index in [2.05, 4.69) is 10.3 Å². The number of amides is 1. The molecule has 1 N–H and O–H groups in total. The van der Waals surface area contributed by atoms with Crippen LogP contribution in [-0.2, 0) is 6.54 Å². The van der Waals surface area contributed by atoms with Crippen molar-refractivity contribution in [1.29, 1.82) is 0 Å². The van der Waals surface area contributed by atoms with Crippen molar-refractivity contribution in [1.82, 2.24) is 14.9 Å². The van der Waals surface area contributed by atoms with Gasteiger partial charge in [0.25, 0.3) is 11.5 Å². The van der Waals surface area contributed by atoms with Crippen molar-refractivity contribution in [2.24, 2.45) is 0 Å². The molecule has 0 bridgehead atoms. The van der Waals surface area contributed by atoms with Gasteiger partial charge in [0.05, 0.1) is 25.2 Å². The molecule has 0 aliphatic rings. The molecule has 1 amide bonds. The lowest BCUT2D eigenvalue weighted by Crippen LogP contribution is -2.30. The molecular weight excluding hydrogens is 401 g/mol. The van der Waals surface area contributed by atoms with Crippen LogP contribution in [0.4, 0.5) is 4.39 Å². The SMILES string of the molecule is CCOc1ccc(C(=O)NCCn2cnc(-c3ccc(F)cc3)cc2=O)cc1OCC. The monoisotopic (exact) mass is 425 g/mol. The number of hydrogen-bond donors (Lipinski definition) is 1. The van der Waals surface area contributed by atoms with Crippen LogP contribution in [0, 0.1) is 5.82 Å². The summed E-state index contributed by atoms with van der Waals surface area (Å²) in [5, 5.41) is 2.78. The van der Waals surface area contributed by atoms with Gasteiger partial charge in [-0.25, -0.2) is 9.37 Å². The number of aromatic nitrogens is 2. The van der Waals surface area contributed by atoms with E-state index in [9.17, 15) is 14.0 Å². The Kier molecular flexibility index (Phi) is 7.37.